The summed E-state index contributed by atoms with van der Waals surface area (Å²) in [6.45, 7) is 2.03. The summed E-state index contributed by atoms with van der Waals surface area (Å²) in [6, 6.07) is 17.3. The minimum absolute atomic E-state index is 0.259. The molecule has 0 atom stereocenters. The summed E-state index contributed by atoms with van der Waals surface area (Å²) in [5, 5.41) is 10.9. The van der Waals surface area contributed by atoms with Gasteiger partial charge in [-0.05, 0) is 31.2 Å². The molecule has 26 heavy (non-hydrogen) atoms. The van der Waals surface area contributed by atoms with Gasteiger partial charge in [0.2, 0.25) is 0 Å². The Morgan fingerprint density at radius 1 is 1.12 bits per heavy atom. The van der Waals surface area contributed by atoms with Crippen molar-refractivity contribution in [2.75, 3.05) is 5.32 Å². The van der Waals surface area contributed by atoms with E-state index in [2.05, 4.69) is 36.4 Å². The number of carbonyl (C=O) groups excluding carboxylic acids is 1. The Kier molecular flexibility index (Phi) is 4.26. The molecular formula is C20H15BrN4O. The van der Waals surface area contributed by atoms with Crippen LogP contribution in [0, 0.1) is 6.92 Å². The summed E-state index contributed by atoms with van der Waals surface area (Å²) in [5.41, 5.74) is 4.65. The zero-order chi connectivity index (χ0) is 18.1. The second-order valence-corrected chi connectivity index (χ2v) is 6.84. The van der Waals surface area contributed by atoms with Crippen molar-refractivity contribution >= 4 is 38.4 Å². The number of anilines is 1. The van der Waals surface area contributed by atoms with Crippen molar-refractivity contribution in [2.45, 2.75) is 6.92 Å². The average Bonchev–Trinajstić information content (AvgIpc) is 3.15. The fourth-order valence-electron chi connectivity index (χ4n) is 2.74. The summed E-state index contributed by atoms with van der Waals surface area (Å²) in [7, 11) is 0. The highest BCUT2D eigenvalue weighted by molar-refractivity contribution is 9.10. The molecule has 2 N–H and O–H groups in total. The Bertz CT molecular complexity index is 1100. The fraction of sp³-hybridized carbons (Fsp3) is 0.0500. The third kappa shape index (κ3) is 3.11. The van der Waals surface area contributed by atoms with Gasteiger partial charge in [-0.1, -0.05) is 51.8 Å². The molecule has 4 aromatic rings. The molecule has 0 aliphatic rings. The SMILES string of the molecule is Cc1ccc(-c2cc(C(=O)Nc3ccc(Br)c4cccnc34)[nH]n2)cc1. The molecule has 5 nitrogen and oxygen atoms in total. The molecule has 2 aromatic heterocycles. The van der Waals surface area contributed by atoms with Gasteiger partial charge in [0.25, 0.3) is 5.91 Å². The van der Waals surface area contributed by atoms with E-state index >= 15 is 0 Å². The van der Waals surface area contributed by atoms with Crippen LogP contribution in [-0.2, 0) is 0 Å². The zero-order valence-corrected chi connectivity index (χ0v) is 15.5. The Balaban J connectivity index is 1.62. The summed E-state index contributed by atoms with van der Waals surface area (Å²) in [6.07, 6.45) is 1.70. The van der Waals surface area contributed by atoms with Crippen LogP contribution in [0.5, 0.6) is 0 Å². The minimum Gasteiger partial charge on any atom is -0.319 e. The molecule has 1 amide bonds. The van der Waals surface area contributed by atoms with Crippen molar-refractivity contribution in [3.05, 3.63) is 76.5 Å². The van der Waals surface area contributed by atoms with Gasteiger partial charge in [0, 0.05) is 21.6 Å². The van der Waals surface area contributed by atoms with E-state index in [0.717, 1.165) is 26.6 Å². The maximum Gasteiger partial charge on any atom is 0.273 e. The second kappa shape index (κ2) is 6.72. The topological polar surface area (TPSA) is 70.7 Å². The van der Waals surface area contributed by atoms with Crippen LogP contribution in [0.25, 0.3) is 22.2 Å². The molecule has 6 heteroatoms. The van der Waals surface area contributed by atoms with Crippen molar-refractivity contribution in [3.63, 3.8) is 0 Å². The molecule has 0 unspecified atom stereocenters. The van der Waals surface area contributed by atoms with Crippen molar-refractivity contribution in [2.24, 2.45) is 0 Å². The van der Waals surface area contributed by atoms with E-state index in [9.17, 15) is 4.79 Å². The van der Waals surface area contributed by atoms with Gasteiger partial charge in [-0.25, -0.2) is 0 Å². The van der Waals surface area contributed by atoms with Crippen LogP contribution in [0.1, 0.15) is 16.1 Å². The molecule has 128 valence electrons. The zero-order valence-electron chi connectivity index (χ0n) is 14.0. The standard InChI is InChI=1S/C20H15BrN4O/c1-12-4-6-13(7-5-12)17-11-18(25-24-17)20(26)23-16-9-8-15(21)14-3-2-10-22-19(14)16/h2-11H,1H3,(H,23,26)(H,24,25). The quantitative estimate of drug-likeness (QED) is 0.505. The normalized spacial score (nSPS) is 10.8. The first kappa shape index (κ1) is 16.5. The maximum atomic E-state index is 12.6. The lowest BCUT2D eigenvalue weighted by Crippen LogP contribution is -2.12. The van der Waals surface area contributed by atoms with Crippen LogP contribution in [0.4, 0.5) is 5.69 Å². The predicted molar refractivity (Wildman–Crippen MR) is 106 cm³/mol. The molecule has 0 bridgehead atoms. The number of rotatable bonds is 3. The van der Waals surface area contributed by atoms with Crippen molar-refractivity contribution < 1.29 is 4.79 Å². The van der Waals surface area contributed by atoms with Crippen LogP contribution in [0.2, 0.25) is 0 Å². The highest BCUT2D eigenvalue weighted by atomic mass is 79.9. The third-order valence-corrected chi connectivity index (χ3v) is 4.83. The predicted octanol–water partition coefficient (Wildman–Crippen LogP) is 4.95. The molecule has 2 aromatic carbocycles. The number of fused-ring (bicyclic) bond motifs is 1. The number of benzene rings is 2. The van der Waals surface area contributed by atoms with E-state index in [1.54, 1.807) is 12.3 Å². The molecule has 0 aliphatic heterocycles. The number of pyridine rings is 1. The first-order valence-corrected chi connectivity index (χ1v) is 8.88. The number of hydrogen-bond acceptors (Lipinski definition) is 3. The van der Waals surface area contributed by atoms with Crippen molar-refractivity contribution in [1.82, 2.24) is 15.2 Å². The fourth-order valence-corrected chi connectivity index (χ4v) is 3.19. The molecule has 0 spiro atoms. The molecule has 0 fully saturated rings. The number of carbonyl (C=O) groups is 1. The van der Waals surface area contributed by atoms with E-state index in [-0.39, 0.29) is 5.91 Å². The summed E-state index contributed by atoms with van der Waals surface area (Å²) >= 11 is 3.51. The number of aryl methyl sites for hydroxylation is 1. The van der Waals surface area contributed by atoms with Gasteiger partial charge in [-0.2, -0.15) is 5.10 Å². The largest absolute Gasteiger partial charge is 0.319 e. The van der Waals surface area contributed by atoms with Gasteiger partial charge in [-0.15, -0.1) is 0 Å². The average molecular weight is 407 g/mol. The summed E-state index contributed by atoms with van der Waals surface area (Å²) < 4.78 is 0.932. The van der Waals surface area contributed by atoms with E-state index in [4.69, 9.17) is 0 Å². The van der Waals surface area contributed by atoms with E-state index in [0.29, 0.717) is 11.4 Å². The summed E-state index contributed by atoms with van der Waals surface area (Å²) in [5.74, 6) is -0.259. The highest BCUT2D eigenvalue weighted by Crippen LogP contribution is 2.28. The highest BCUT2D eigenvalue weighted by Gasteiger charge is 2.14. The van der Waals surface area contributed by atoms with Crippen LogP contribution in [-0.4, -0.2) is 21.1 Å². The molecular weight excluding hydrogens is 392 g/mol. The molecule has 4 rings (SSSR count). The molecule has 0 aliphatic carbocycles. The van der Waals surface area contributed by atoms with Crippen LogP contribution in [0.15, 0.2) is 65.3 Å². The number of nitrogens with one attached hydrogen (secondary N) is 2. The van der Waals surface area contributed by atoms with Gasteiger partial charge >= 0.3 is 0 Å². The number of hydrogen-bond donors (Lipinski definition) is 2. The third-order valence-electron chi connectivity index (χ3n) is 4.13. The van der Waals surface area contributed by atoms with E-state index in [1.807, 2.05) is 55.5 Å². The number of aromatic nitrogens is 3. The minimum atomic E-state index is -0.259. The van der Waals surface area contributed by atoms with Gasteiger partial charge in [0.15, 0.2) is 0 Å². The van der Waals surface area contributed by atoms with Gasteiger partial charge < -0.3 is 5.32 Å². The molecule has 0 saturated heterocycles. The lowest BCUT2D eigenvalue weighted by Gasteiger charge is -2.08. The monoisotopic (exact) mass is 406 g/mol. The summed E-state index contributed by atoms with van der Waals surface area (Å²) in [4.78, 5) is 17.0. The number of H-pyrrole nitrogens is 1. The molecule has 2 heterocycles. The first-order chi connectivity index (χ1) is 12.6. The lowest BCUT2D eigenvalue weighted by atomic mass is 10.1. The second-order valence-electron chi connectivity index (χ2n) is 5.98. The molecule has 0 saturated carbocycles. The smallest absolute Gasteiger partial charge is 0.273 e. The number of halogens is 1. The Hall–Kier alpha value is -2.99. The molecule has 0 radical (unpaired) electrons. The van der Waals surface area contributed by atoms with Crippen molar-refractivity contribution in [1.29, 1.82) is 0 Å². The number of amides is 1. The van der Waals surface area contributed by atoms with Gasteiger partial charge in [0.05, 0.1) is 16.9 Å². The van der Waals surface area contributed by atoms with E-state index in [1.165, 1.54) is 5.56 Å². The van der Waals surface area contributed by atoms with Crippen LogP contribution in [0.3, 0.4) is 0 Å². The van der Waals surface area contributed by atoms with Crippen LogP contribution >= 0.6 is 15.9 Å². The van der Waals surface area contributed by atoms with Crippen molar-refractivity contribution in [3.8, 4) is 11.3 Å². The Morgan fingerprint density at radius 2 is 1.92 bits per heavy atom. The maximum absolute atomic E-state index is 12.6. The number of nitrogens with zero attached hydrogens (tertiary/aromatic N) is 2. The lowest BCUT2D eigenvalue weighted by molar-refractivity contribution is 0.102. The van der Waals surface area contributed by atoms with E-state index < -0.39 is 0 Å². The Labute approximate surface area is 158 Å². The Morgan fingerprint density at radius 3 is 2.73 bits per heavy atom. The van der Waals surface area contributed by atoms with Gasteiger partial charge in [0.1, 0.15) is 5.69 Å². The number of aromatic amines is 1. The van der Waals surface area contributed by atoms with Gasteiger partial charge in [-0.3, -0.25) is 14.9 Å². The first-order valence-electron chi connectivity index (χ1n) is 8.09. The van der Waals surface area contributed by atoms with Crippen LogP contribution < -0.4 is 5.32 Å².